The van der Waals surface area contributed by atoms with Crippen LogP contribution in [0.1, 0.15) is 41.6 Å². The molecule has 1 atom stereocenters. The number of amides is 1. The van der Waals surface area contributed by atoms with Gasteiger partial charge in [-0.15, -0.1) is 0 Å². The Morgan fingerprint density at radius 1 is 1.35 bits per heavy atom. The molecule has 136 valence electrons. The summed E-state index contributed by atoms with van der Waals surface area (Å²) in [5.41, 5.74) is 2.08. The van der Waals surface area contributed by atoms with Gasteiger partial charge < -0.3 is 19.6 Å². The van der Waals surface area contributed by atoms with Crippen LogP contribution in [0, 0.1) is 6.92 Å². The molecule has 0 saturated heterocycles. The monoisotopic (exact) mass is 373 g/mol. The fraction of sp³-hybridized carbons (Fsp3) is 0.250. The number of furan rings is 1. The highest BCUT2D eigenvalue weighted by Gasteiger charge is 2.20. The summed E-state index contributed by atoms with van der Waals surface area (Å²) in [5, 5.41) is 13.9. The summed E-state index contributed by atoms with van der Waals surface area (Å²) >= 11 is 6.00. The summed E-state index contributed by atoms with van der Waals surface area (Å²) in [6.45, 7) is 5.96. The molecule has 0 fully saturated rings. The standard InChI is InChI=1S/C20H20ClNO4/c1-4-25-17-10-13(9-15(21)18(17)23)20(24)22-12(3)19-11(2)14-7-5-6-8-16(14)26-19/h5-10,12,23H,4H2,1-3H3,(H,22,24)/t12-/m1/s1. The smallest absolute Gasteiger partial charge is 0.252 e. The van der Waals surface area contributed by atoms with E-state index in [2.05, 4.69) is 5.32 Å². The van der Waals surface area contributed by atoms with Gasteiger partial charge in [0.25, 0.3) is 5.91 Å². The highest BCUT2D eigenvalue weighted by atomic mass is 35.5. The normalized spacial score (nSPS) is 12.2. The minimum absolute atomic E-state index is 0.0636. The minimum Gasteiger partial charge on any atom is -0.503 e. The lowest BCUT2D eigenvalue weighted by Gasteiger charge is -2.14. The van der Waals surface area contributed by atoms with E-state index in [0.29, 0.717) is 17.9 Å². The molecule has 0 spiro atoms. The Labute approximate surface area is 156 Å². The van der Waals surface area contributed by atoms with E-state index in [1.54, 1.807) is 6.92 Å². The van der Waals surface area contributed by atoms with Gasteiger partial charge in [0.05, 0.1) is 17.7 Å². The van der Waals surface area contributed by atoms with Crippen molar-refractivity contribution in [3.05, 3.63) is 58.3 Å². The van der Waals surface area contributed by atoms with Crippen LogP contribution < -0.4 is 10.1 Å². The Bertz CT molecular complexity index is 964. The molecule has 3 rings (SSSR count). The van der Waals surface area contributed by atoms with Crippen molar-refractivity contribution < 1.29 is 19.1 Å². The van der Waals surface area contributed by atoms with Gasteiger partial charge in [0.1, 0.15) is 11.3 Å². The Morgan fingerprint density at radius 2 is 2.08 bits per heavy atom. The first-order valence-corrected chi connectivity index (χ1v) is 8.74. The molecule has 2 aromatic carbocycles. The number of para-hydroxylation sites is 1. The number of phenols is 1. The van der Waals surface area contributed by atoms with E-state index < -0.39 is 0 Å². The third-order valence-corrected chi connectivity index (χ3v) is 4.50. The molecule has 0 bridgehead atoms. The second kappa shape index (κ2) is 7.30. The van der Waals surface area contributed by atoms with Crippen LogP contribution in [0.25, 0.3) is 11.0 Å². The van der Waals surface area contributed by atoms with Crippen LogP contribution in [0.3, 0.4) is 0 Å². The van der Waals surface area contributed by atoms with E-state index in [0.717, 1.165) is 16.5 Å². The van der Waals surface area contributed by atoms with Crippen molar-refractivity contribution in [3.63, 3.8) is 0 Å². The van der Waals surface area contributed by atoms with E-state index in [9.17, 15) is 9.90 Å². The highest BCUT2D eigenvalue weighted by molar-refractivity contribution is 6.32. The number of nitrogens with one attached hydrogen (secondary N) is 1. The third kappa shape index (κ3) is 3.35. The van der Waals surface area contributed by atoms with Crippen LogP contribution in [0.4, 0.5) is 0 Å². The number of aromatic hydroxyl groups is 1. The van der Waals surface area contributed by atoms with Gasteiger partial charge in [0.2, 0.25) is 0 Å². The topological polar surface area (TPSA) is 71.7 Å². The zero-order valence-corrected chi connectivity index (χ0v) is 15.6. The average molecular weight is 374 g/mol. The number of aryl methyl sites for hydroxylation is 1. The molecule has 3 aromatic rings. The summed E-state index contributed by atoms with van der Waals surface area (Å²) in [7, 11) is 0. The van der Waals surface area contributed by atoms with E-state index in [1.165, 1.54) is 12.1 Å². The second-order valence-corrected chi connectivity index (χ2v) is 6.43. The Kier molecular flexibility index (Phi) is 5.09. The van der Waals surface area contributed by atoms with Crippen LogP contribution >= 0.6 is 11.6 Å². The number of hydrogen-bond donors (Lipinski definition) is 2. The number of benzene rings is 2. The molecule has 5 nitrogen and oxygen atoms in total. The van der Waals surface area contributed by atoms with E-state index in [4.69, 9.17) is 20.8 Å². The summed E-state index contributed by atoms with van der Waals surface area (Å²) in [5.74, 6) is 0.374. The molecule has 0 radical (unpaired) electrons. The van der Waals surface area contributed by atoms with Gasteiger partial charge in [-0.25, -0.2) is 0 Å². The summed E-state index contributed by atoms with van der Waals surface area (Å²) in [6.07, 6.45) is 0. The molecule has 0 aliphatic carbocycles. The van der Waals surface area contributed by atoms with Crippen molar-refractivity contribution in [2.24, 2.45) is 0 Å². The van der Waals surface area contributed by atoms with Gasteiger partial charge in [-0.05, 0) is 39.0 Å². The molecular weight excluding hydrogens is 354 g/mol. The zero-order valence-electron chi connectivity index (χ0n) is 14.8. The van der Waals surface area contributed by atoms with Crippen molar-refractivity contribution >= 4 is 28.5 Å². The van der Waals surface area contributed by atoms with Crippen LogP contribution in [0.15, 0.2) is 40.8 Å². The molecule has 0 saturated carbocycles. The van der Waals surface area contributed by atoms with Crippen molar-refractivity contribution in [2.75, 3.05) is 6.61 Å². The number of fused-ring (bicyclic) bond motifs is 1. The van der Waals surface area contributed by atoms with Gasteiger partial charge in [0, 0.05) is 16.5 Å². The maximum atomic E-state index is 12.6. The van der Waals surface area contributed by atoms with Crippen molar-refractivity contribution in [1.82, 2.24) is 5.32 Å². The Balaban J connectivity index is 1.86. The first-order chi connectivity index (χ1) is 12.4. The predicted molar refractivity (Wildman–Crippen MR) is 101 cm³/mol. The average Bonchev–Trinajstić information content (AvgIpc) is 2.96. The molecule has 2 N–H and O–H groups in total. The van der Waals surface area contributed by atoms with E-state index in [1.807, 2.05) is 38.1 Å². The molecule has 0 aliphatic rings. The fourth-order valence-corrected chi connectivity index (χ4v) is 3.13. The number of halogens is 1. The molecular formula is C20H20ClNO4. The van der Waals surface area contributed by atoms with Crippen molar-refractivity contribution in [1.29, 1.82) is 0 Å². The zero-order chi connectivity index (χ0) is 18.8. The minimum atomic E-state index is -0.335. The summed E-state index contributed by atoms with van der Waals surface area (Å²) in [4.78, 5) is 12.6. The largest absolute Gasteiger partial charge is 0.503 e. The van der Waals surface area contributed by atoms with Gasteiger partial charge >= 0.3 is 0 Å². The van der Waals surface area contributed by atoms with Crippen LogP contribution in [-0.2, 0) is 0 Å². The summed E-state index contributed by atoms with van der Waals surface area (Å²) in [6, 6.07) is 10.3. The van der Waals surface area contributed by atoms with Crippen molar-refractivity contribution in [2.45, 2.75) is 26.8 Å². The number of carbonyl (C=O) groups is 1. The predicted octanol–water partition coefficient (Wildman–Crippen LogP) is 4.99. The lowest BCUT2D eigenvalue weighted by molar-refractivity contribution is 0.0935. The highest BCUT2D eigenvalue weighted by Crippen LogP contribution is 2.35. The van der Waals surface area contributed by atoms with Crippen molar-refractivity contribution in [3.8, 4) is 11.5 Å². The SMILES string of the molecule is CCOc1cc(C(=O)N[C@H](C)c2oc3ccccc3c2C)cc(Cl)c1O. The van der Waals surface area contributed by atoms with Gasteiger partial charge in [-0.1, -0.05) is 29.8 Å². The number of carbonyl (C=O) groups excluding carboxylic acids is 1. The Morgan fingerprint density at radius 3 is 2.77 bits per heavy atom. The number of ether oxygens (including phenoxy) is 1. The molecule has 6 heteroatoms. The lowest BCUT2D eigenvalue weighted by Crippen LogP contribution is -2.26. The van der Waals surface area contributed by atoms with Crippen LogP contribution in [0.5, 0.6) is 11.5 Å². The Hall–Kier alpha value is -2.66. The molecule has 0 unspecified atom stereocenters. The summed E-state index contributed by atoms with van der Waals surface area (Å²) < 4.78 is 11.2. The number of hydrogen-bond acceptors (Lipinski definition) is 4. The van der Waals surface area contributed by atoms with E-state index in [-0.39, 0.29) is 28.5 Å². The number of phenolic OH excluding ortho intramolecular Hbond substituents is 1. The molecule has 1 amide bonds. The van der Waals surface area contributed by atoms with Gasteiger partial charge in [-0.2, -0.15) is 0 Å². The van der Waals surface area contributed by atoms with Gasteiger partial charge in [-0.3, -0.25) is 4.79 Å². The maximum Gasteiger partial charge on any atom is 0.252 e. The van der Waals surface area contributed by atoms with Crippen LogP contribution in [-0.4, -0.2) is 17.6 Å². The molecule has 1 heterocycles. The fourth-order valence-electron chi connectivity index (χ4n) is 2.92. The lowest BCUT2D eigenvalue weighted by atomic mass is 10.1. The van der Waals surface area contributed by atoms with Gasteiger partial charge in [0.15, 0.2) is 11.5 Å². The first-order valence-electron chi connectivity index (χ1n) is 8.36. The third-order valence-electron chi connectivity index (χ3n) is 4.21. The number of rotatable bonds is 5. The second-order valence-electron chi connectivity index (χ2n) is 6.02. The molecule has 0 aliphatic heterocycles. The quantitative estimate of drug-likeness (QED) is 0.660. The molecule has 26 heavy (non-hydrogen) atoms. The van der Waals surface area contributed by atoms with E-state index >= 15 is 0 Å². The molecule has 1 aromatic heterocycles. The maximum absolute atomic E-state index is 12.6. The first kappa shape index (κ1) is 18.1. The van der Waals surface area contributed by atoms with Crippen LogP contribution in [0.2, 0.25) is 5.02 Å².